The summed E-state index contributed by atoms with van der Waals surface area (Å²) in [7, 11) is 0. The van der Waals surface area contributed by atoms with E-state index in [-0.39, 0.29) is 0 Å². The van der Waals surface area contributed by atoms with Crippen molar-refractivity contribution in [2.75, 3.05) is 18.0 Å². The highest BCUT2D eigenvalue weighted by molar-refractivity contribution is 7.79. The first kappa shape index (κ1) is 11.6. The predicted octanol–water partition coefficient (Wildman–Crippen LogP) is 2.19. The molecule has 0 atom stereocenters. The van der Waals surface area contributed by atoms with E-state index in [9.17, 15) is 0 Å². The average molecular weight is 215 g/mol. The van der Waals surface area contributed by atoms with Crippen LogP contribution in [0.2, 0.25) is 0 Å². The topological polar surface area (TPSA) is 3.24 Å². The second-order valence-corrected chi connectivity index (χ2v) is 3.41. The van der Waals surface area contributed by atoms with E-state index in [0.29, 0.717) is 13.1 Å². The lowest BCUT2D eigenvalue weighted by Crippen LogP contribution is -2.23. The van der Waals surface area contributed by atoms with Crippen LogP contribution in [0.3, 0.4) is 0 Å². The van der Waals surface area contributed by atoms with Crippen LogP contribution in [0, 0.1) is 24.7 Å². The largest absolute Gasteiger partial charge is 0.349 e. The number of hydrogen-bond acceptors (Lipinski definition) is 2. The standard InChI is InChI=1S/C13H13NS/c1-3-9-14(10-4-2)13-7-5-12(11-15)6-8-13/h1-2,5-8,15H,9-11H2. The molecule has 0 aliphatic rings. The van der Waals surface area contributed by atoms with Crippen LogP contribution in [0.25, 0.3) is 0 Å². The summed E-state index contributed by atoms with van der Waals surface area (Å²) in [5.41, 5.74) is 2.24. The molecule has 0 bridgehead atoms. The van der Waals surface area contributed by atoms with Gasteiger partial charge in [0.15, 0.2) is 0 Å². The van der Waals surface area contributed by atoms with Crippen LogP contribution in [0.5, 0.6) is 0 Å². The van der Waals surface area contributed by atoms with E-state index < -0.39 is 0 Å². The maximum atomic E-state index is 5.28. The monoisotopic (exact) mass is 215 g/mol. The summed E-state index contributed by atoms with van der Waals surface area (Å²) in [6.07, 6.45) is 10.6. The van der Waals surface area contributed by atoms with Crippen molar-refractivity contribution in [3.63, 3.8) is 0 Å². The number of rotatable bonds is 4. The first-order valence-electron chi connectivity index (χ1n) is 4.63. The van der Waals surface area contributed by atoms with Crippen LogP contribution in [-0.2, 0) is 5.75 Å². The molecule has 0 unspecified atom stereocenters. The molecular weight excluding hydrogens is 202 g/mol. The van der Waals surface area contributed by atoms with E-state index in [2.05, 4.69) is 24.5 Å². The highest BCUT2D eigenvalue weighted by atomic mass is 32.1. The number of nitrogens with zero attached hydrogens (tertiary/aromatic N) is 1. The van der Waals surface area contributed by atoms with Gasteiger partial charge in [-0.15, -0.1) is 12.8 Å². The van der Waals surface area contributed by atoms with Crippen LogP contribution in [0.1, 0.15) is 5.56 Å². The highest BCUT2D eigenvalue weighted by Crippen LogP contribution is 2.15. The van der Waals surface area contributed by atoms with Crippen molar-refractivity contribution < 1.29 is 0 Å². The first-order valence-corrected chi connectivity index (χ1v) is 5.26. The number of hydrogen-bond donors (Lipinski definition) is 1. The number of anilines is 1. The number of thiol groups is 1. The van der Waals surface area contributed by atoms with Gasteiger partial charge in [0, 0.05) is 11.4 Å². The van der Waals surface area contributed by atoms with Crippen molar-refractivity contribution in [2.45, 2.75) is 5.75 Å². The molecular formula is C13H13NS. The molecule has 76 valence electrons. The second kappa shape index (κ2) is 6.06. The molecule has 0 fully saturated rings. The van der Waals surface area contributed by atoms with Gasteiger partial charge in [-0.25, -0.2) is 0 Å². The molecule has 0 heterocycles. The fraction of sp³-hybridized carbons (Fsp3) is 0.231. The van der Waals surface area contributed by atoms with Crippen LogP contribution in [-0.4, -0.2) is 13.1 Å². The molecule has 0 aliphatic heterocycles. The zero-order valence-electron chi connectivity index (χ0n) is 8.48. The predicted molar refractivity (Wildman–Crippen MR) is 69.0 cm³/mol. The first-order chi connectivity index (χ1) is 7.31. The van der Waals surface area contributed by atoms with Gasteiger partial charge < -0.3 is 4.90 Å². The molecule has 15 heavy (non-hydrogen) atoms. The Balaban J connectivity index is 2.83. The SMILES string of the molecule is C#CCN(CC#C)c1ccc(CS)cc1. The van der Waals surface area contributed by atoms with Crippen molar-refractivity contribution >= 4 is 18.3 Å². The zero-order chi connectivity index (χ0) is 11.1. The summed E-state index contributed by atoms with van der Waals surface area (Å²) < 4.78 is 0. The quantitative estimate of drug-likeness (QED) is 0.595. The summed E-state index contributed by atoms with van der Waals surface area (Å²) in [5.74, 6) is 5.93. The molecule has 0 aromatic heterocycles. The minimum absolute atomic E-state index is 0.532. The molecule has 1 rings (SSSR count). The van der Waals surface area contributed by atoms with Gasteiger partial charge in [0.1, 0.15) is 0 Å². The molecule has 0 N–H and O–H groups in total. The van der Waals surface area contributed by atoms with Gasteiger partial charge in [-0.1, -0.05) is 24.0 Å². The van der Waals surface area contributed by atoms with E-state index >= 15 is 0 Å². The summed E-state index contributed by atoms with van der Waals surface area (Å²) in [6.45, 7) is 1.06. The molecule has 1 nitrogen and oxygen atoms in total. The van der Waals surface area contributed by atoms with Crippen molar-refractivity contribution in [3.8, 4) is 24.7 Å². The third-order valence-electron chi connectivity index (χ3n) is 2.05. The van der Waals surface area contributed by atoms with Crippen LogP contribution >= 0.6 is 12.6 Å². The van der Waals surface area contributed by atoms with E-state index in [0.717, 1.165) is 11.4 Å². The second-order valence-electron chi connectivity index (χ2n) is 3.09. The van der Waals surface area contributed by atoms with Crippen molar-refractivity contribution in [1.29, 1.82) is 0 Å². The van der Waals surface area contributed by atoms with Crippen molar-refractivity contribution in [2.24, 2.45) is 0 Å². The maximum Gasteiger partial charge on any atom is 0.0801 e. The molecule has 1 aromatic rings. The lowest BCUT2D eigenvalue weighted by Gasteiger charge is -2.19. The van der Waals surface area contributed by atoms with Gasteiger partial charge in [-0.3, -0.25) is 0 Å². The summed E-state index contributed by atoms with van der Waals surface area (Å²) in [5, 5.41) is 0. The van der Waals surface area contributed by atoms with Gasteiger partial charge in [-0.05, 0) is 17.7 Å². The maximum absolute atomic E-state index is 5.28. The molecule has 0 saturated carbocycles. The van der Waals surface area contributed by atoms with Gasteiger partial charge >= 0.3 is 0 Å². The molecule has 1 aromatic carbocycles. The van der Waals surface area contributed by atoms with Gasteiger partial charge in [-0.2, -0.15) is 12.6 Å². The smallest absolute Gasteiger partial charge is 0.0801 e. The Labute approximate surface area is 96.9 Å². The molecule has 2 heteroatoms. The van der Waals surface area contributed by atoms with E-state index in [1.165, 1.54) is 5.56 Å². The third-order valence-corrected chi connectivity index (χ3v) is 2.41. The molecule has 0 saturated heterocycles. The summed E-state index contributed by atoms with van der Waals surface area (Å²) in [6, 6.07) is 8.09. The molecule has 0 amide bonds. The lowest BCUT2D eigenvalue weighted by molar-refractivity contribution is 0.985. The van der Waals surface area contributed by atoms with E-state index in [4.69, 9.17) is 12.8 Å². The van der Waals surface area contributed by atoms with E-state index in [1.54, 1.807) is 0 Å². The Kier molecular flexibility index (Phi) is 4.68. The highest BCUT2D eigenvalue weighted by Gasteiger charge is 2.02. The Morgan fingerprint density at radius 1 is 1.07 bits per heavy atom. The van der Waals surface area contributed by atoms with Crippen molar-refractivity contribution in [3.05, 3.63) is 29.8 Å². The Morgan fingerprint density at radius 2 is 1.60 bits per heavy atom. The minimum Gasteiger partial charge on any atom is -0.349 e. The third kappa shape index (κ3) is 3.27. The van der Waals surface area contributed by atoms with Gasteiger partial charge in [0.2, 0.25) is 0 Å². The fourth-order valence-electron chi connectivity index (χ4n) is 1.27. The van der Waals surface area contributed by atoms with Crippen LogP contribution in [0.15, 0.2) is 24.3 Å². The Bertz CT molecular complexity index is 364. The zero-order valence-corrected chi connectivity index (χ0v) is 9.37. The van der Waals surface area contributed by atoms with Crippen molar-refractivity contribution in [1.82, 2.24) is 0 Å². The summed E-state index contributed by atoms with van der Waals surface area (Å²) in [4.78, 5) is 1.97. The van der Waals surface area contributed by atoms with E-state index in [1.807, 2.05) is 29.2 Å². The molecule has 0 radical (unpaired) electrons. The minimum atomic E-state index is 0.532. The number of benzene rings is 1. The van der Waals surface area contributed by atoms with Gasteiger partial charge in [0.25, 0.3) is 0 Å². The van der Waals surface area contributed by atoms with Crippen LogP contribution in [0.4, 0.5) is 5.69 Å². The Hall–Kier alpha value is -1.51. The summed E-state index contributed by atoms with van der Waals surface area (Å²) >= 11 is 4.20. The molecule has 0 aliphatic carbocycles. The normalized spacial score (nSPS) is 9.00. The number of terminal acetylenes is 2. The lowest BCUT2D eigenvalue weighted by atomic mass is 10.2. The molecule has 0 spiro atoms. The van der Waals surface area contributed by atoms with Crippen LogP contribution < -0.4 is 4.90 Å². The van der Waals surface area contributed by atoms with Gasteiger partial charge in [0.05, 0.1) is 13.1 Å². The Morgan fingerprint density at radius 3 is 2.00 bits per heavy atom. The fourth-order valence-corrected chi connectivity index (χ4v) is 1.48. The average Bonchev–Trinajstić information content (AvgIpc) is 2.29.